The summed E-state index contributed by atoms with van der Waals surface area (Å²) in [7, 11) is 0. The van der Waals surface area contributed by atoms with E-state index in [1.807, 2.05) is 25.1 Å². The van der Waals surface area contributed by atoms with E-state index in [4.69, 9.17) is 9.72 Å². The minimum Gasteiger partial charge on any atom is -0.494 e. The average molecular weight is 478 g/mol. The molecule has 2 aromatic carbocycles. The molecule has 0 aliphatic carbocycles. The average Bonchev–Trinajstić information content (AvgIpc) is 3.14. The van der Waals surface area contributed by atoms with Gasteiger partial charge in [0.1, 0.15) is 11.6 Å². The highest BCUT2D eigenvalue weighted by Gasteiger charge is 2.27. The SMILES string of the molecule is CCOc1ccc2nc(N3CCC(C(=O)Nc4ccc(Br)cc4F)CC3)sc2c1. The van der Waals surface area contributed by atoms with Crippen LogP contribution in [0.25, 0.3) is 10.2 Å². The van der Waals surface area contributed by atoms with Gasteiger partial charge in [0, 0.05) is 23.5 Å². The summed E-state index contributed by atoms with van der Waals surface area (Å²) >= 11 is 4.86. The zero-order valence-corrected chi connectivity index (χ0v) is 18.4. The number of aromatic nitrogens is 1. The summed E-state index contributed by atoms with van der Waals surface area (Å²) in [5.74, 6) is 0.154. The van der Waals surface area contributed by atoms with Crippen LogP contribution in [0, 0.1) is 11.7 Å². The number of carbonyl (C=O) groups is 1. The summed E-state index contributed by atoms with van der Waals surface area (Å²) in [5, 5.41) is 3.69. The predicted octanol–water partition coefficient (Wildman–Crippen LogP) is 5.45. The maximum absolute atomic E-state index is 14.0. The Hall–Kier alpha value is -2.19. The molecule has 0 unspecified atom stereocenters. The molecule has 0 radical (unpaired) electrons. The van der Waals surface area contributed by atoms with Gasteiger partial charge in [-0.2, -0.15) is 0 Å². The van der Waals surface area contributed by atoms with Crippen LogP contribution in [0.4, 0.5) is 15.2 Å². The van der Waals surface area contributed by atoms with Crippen molar-refractivity contribution in [3.8, 4) is 5.75 Å². The lowest BCUT2D eigenvalue weighted by molar-refractivity contribution is -0.120. The standard InChI is InChI=1S/C21H21BrFN3O2S/c1-2-28-15-4-6-18-19(12-15)29-21(25-18)26-9-7-13(8-10-26)20(27)24-17-5-3-14(22)11-16(17)23/h3-6,11-13H,2,7-10H2,1H3,(H,24,27). The molecule has 2 heterocycles. The molecule has 8 heteroatoms. The summed E-state index contributed by atoms with van der Waals surface area (Å²) in [6.07, 6.45) is 1.42. The Labute approximate surface area is 181 Å². The van der Waals surface area contributed by atoms with E-state index in [0.29, 0.717) is 23.9 Å². The molecule has 1 saturated heterocycles. The molecule has 1 aliphatic rings. The number of nitrogens with zero attached hydrogens (tertiary/aromatic N) is 2. The van der Waals surface area contributed by atoms with Gasteiger partial charge in [0.2, 0.25) is 5.91 Å². The molecule has 152 valence electrons. The zero-order valence-electron chi connectivity index (χ0n) is 16.0. The van der Waals surface area contributed by atoms with Crippen LogP contribution in [0.15, 0.2) is 40.9 Å². The molecule has 0 bridgehead atoms. The van der Waals surface area contributed by atoms with Gasteiger partial charge in [0.05, 0.1) is 22.5 Å². The van der Waals surface area contributed by atoms with Crippen molar-refractivity contribution >= 4 is 54.2 Å². The van der Waals surface area contributed by atoms with Crippen molar-refractivity contribution in [1.82, 2.24) is 4.98 Å². The number of anilines is 2. The van der Waals surface area contributed by atoms with Gasteiger partial charge < -0.3 is 15.0 Å². The number of hydrogen-bond acceptors (Lipinski definition) is 5. The van der Waals surface area contributed by atoms with Crippen LogP contribution in [0.3, 0.4) is 0 Å². The highest BCUT2D eigenvalue weighted by Crippen LogP contribution is 2.33. The van der Waals surface area contributed by atoms with Crippen LogP contribution in [-0.4, -0.2) is 30.6 Å². The second-order valence-electron chi connectivity index (χ2n) is 6.93. The number of halogens is 2. The molecule has 4 rings (SSSR count). The monoisotopic (exact) mass is 477 g/mol. The van der Waals surface area contributed by atoms with E-state index >= 15 is 0 Å². The van der Waals surface area contributed by atoms with Gasteiger partial charge in [-0.05, 0) is 56.2 Å². The van der Waals surface area contributed by atoms with E-state index in [0.717, 1.165) is 34.2 Å². The van der Waals surface area contributed by atoms with Crippen LogP contribution in [0.5, 0.6) is 5.75 Å². The van der Waals surface area contributed by atoms with Crippen molar-refractivity contribution in [1.29, 1.82) is 0 Å². The molecule has 1 aliphatic heterocycles. The smallest absolute Gasteiger partial charge is 0.227 e. The first kappa shape index (κ1) is 20.1. The van der Waals surface area contributed by atoms with Crippen molar-refractivity contribution in [2.24, 2.45) is 5.92 Å². The molecule has 5 nitrogen and oxygen atoms in total. The third kappa shape index (κ3) is 4.53. The van der Waals surface area contributed by atoms with Gasteiger partial charge >= 0.3 is 0 Å². The first-order valence-corrected chi connectivity index (χ1v) is 11.2. The molecule has 1 aromatic heterocycles. The number of fused-ring (bicyclic) bond motifs is 1. The van der Waals surface area contributed by atoms with E-state index in [1.165, 1.54) is 6.07 Å². The minimum absolute atomic E-state index is 0.128. The van der Waals surface area contributed by atoms with E-state index in [1.54, 1.807) is 23.5 Å². The number of hydrogen-bond donors (Lipinski definition) is 1. The maximum atomic E-state index is 14.0. The summed E-state index contributed by atoms with van der Waals surface area (Å²) in [4.78, 5) is 19.5. The fourth-order valence-corrected chi connectivity index (χ4v) is 4.82. The summed E-state index contributed by atoms with van der Waals surface area (Å²) < 4.78 is 21.3. The molecule has 0 saturated carbocycles. The third-order valence-corrected chi connectivity index (χ3v) is 6.56. The van der Waals surface area contributed by atoms with Gasteiger partial charge in [-0.1, -0.05) is 27.3 Å². The highest BCUT2D eigenvalue weighted by atomic mass is 79.9. The number of rotatable bonds is 5. The second kappa shape index (κ2) is 8.67. The molecule has 0 atom stereocenters. The van der Waals surface area contributed by atoms with Crippen LogP contribution < -0.4 is 15.0 Å². The molecular formula is C21H21BrFN3O2S. The summed E-state index contributed by atoms with van der Waals surface area (Å²) in [5.41, 5.74) is 1.18. The first-order valence-electron chi connectivity index (χ1n) is 9.57. The number of amides is 1. The Morgan fingerprint density at radius 1 is 1.31 bits per heavy atom. The third-order valence-electron chi connectivity index (χ3n) is 4.98. The second-order valence-corrected chi connectivity index (χ2v) is 8.86. The fraction of sp³-hybridized carbons (Fsp3) is 0.333. The topological polar surface area (TPSA) is 54.5 Å². The largest absolute Gasteiger partial charge is 0.494 e. The van der Waals surface area contributed by atoms with E-state index in [9.17, 15) is 9.18 Å². The van der Waals surface area contributed by atoms with Crippen molar-refractivity contribution in [3.05, 3.63) is 46.7 Å². The number of thiazole rings is 1. The Kier molecular flexibility index (Phi) is 6.01. The van der Waals surface area contributed by atoms with Crippen molar-refractivity contribution in [3.63, 3.8) is 0 Å². The molecule has 1 amide bonds. The zero-order chi connectivity index (χ0) is 20.4. The van der Waals surface area contributed by atoms with Gasteiger partial charge in [-0.3, -0.25) is 4.79 Å². The van der Waals surface area contributed by atoms with Crippen molar-refractivity contribution in [2.45, 2.75) is 19.8 Å². The first-order chi connectivity index (χ1) is 14.0. The van der Waals surface area contributed by atoms with Gasteiger partial charge in [0.15, 0.2) is 5.13 Å². The number of ether oxygens (including phenoxy) is 1. The summed E-state index contributed by atoms with van der Waals surface area (Å²) in [6.45, 7) is 4.10. The lowest BCUT2D eigenvalue weighted by Crippen LogP contribution is -2.38. The number of benzene rings is 2. The number of piperidine rings is 1. The van der Waals surface area contributed by atoms with Crippen LogP contribution in [0.2, 0.25) is 0 Å². The van der Waals surface area contributed by atoms with Crippen LogP contribution in [0.1, 0.15) is 19.8 Å². The molecular weight excluding hydrogens is 457 g/mol. The molecule has 1 N–H and O–H groups in total. The highest BCUT2D eigenvalue weighted by molar-refractivity contribution is 9.10. The molecule has 3 aromatic rings. The molecule has 1 fully saturated rings. The Morgan fingerprint density at radius 2 is 2.10 bits per heavy atom. The lowest BCUT2D eigenvalue weighted by atomic mass is 9.96. The van der Waals surface area contributed by atoms with Gasteiger partial charge in [-0.25, -0.2) is 9.37 Å². The van der Waals surface area contributed by atoms with Gasteiger partial charge in [0.25, 0.3) is 0 Å². The minimum atomic E-state index is -0.439. The number of carbonyl (C=O) groups excluding carboxylic acids is 1. The Bertz CT molecular complexity index is 1030. The predicted molar refractivity (Wildman–Crippen MR) is 118 cm³/mol. The normalized spacial score (nSPS) is 14.9. The lowest BCUT2D eigenvalue weighted by Gasteiger charge is -2.31. The maximum Gasteiger partial charge on any atom is 0.227 e. The van der Waals surface area contributed by atoms with Crippen molar-refractivity contribution in [2.75, 3.05) is 29.9 Å². The van der Waals surface area contributed by atoms with Crippen molar-refractivity contribution < 1.29 is 13.9 Å². The Balaban J connectivity index is 1.38. The van der Waals surface area contributed by atoms with Crippen LogP contribution >= 0.6 is 27.3 Å². The van der Waals surface area contributed by atoms with E-state index in [2.05, 4.69) is 26.1 Å². The van der Waals surface area contributed by atoms with Gasteiger partial charge in [-0.15, -0.1) is 0 Å². The molecule has 0 spiro atoms. The quantitative estimate of drug-likeness (QED) is 0.530. The molecule has 29 heavy (non-hydrogen) atoms. The Morgan fingerprint density at radius 3 is 2.83 bits per heavy atom. The van der Waals surface area contributed by atoms with E-state index < -0.39 is 5.82 Å². The summed E-state index contributed by atoms with van der Waals surface area (Å²) in [6, 6.07) is 10.6. The van der Waals surface area contributed by atoms with E-state index in [-0.39, 0.29) is 17.5 Å². The fourth-order valence-electron chi connectivity index (χ4n) is 3.44. The van der Waals surface area contributed by atoms with Crippen LogP contribution in [-0.2, 0) is 4.79 Å². The number of nitrogens with one attached hydrogen (secondary N) is 1.